The molecule has 1 amide bonds. The SMILES string of the molecule is C[C@@H](O)[C@@H](C(=O)O)N(N=O)C(=O)[C@H](N)CS. The van der Waals surface area contributed by atoms with E-state index in [-0.39, 0.29) is 10.8 Å². The number of nitrogens with two attached hydrogens (primary N) is 1. The summed E-state index contributed by atoms with van der Waals surface area (Å²) in [7, 11) is 0. The Morgan fingerprint density at radius 3 is 2.31 bits per heavy atom. The lowest BCUT2D eigenvalue weighted by Crippen LogP contribution is -2.53. The van der Waals surface area contributed by atoms with Crippen molar-refractivity contribution >= 4 is 24.5 Å². The smallest absolute Gasteiger partial charge is 0.331 e. The first kappa shape index (κ1) is 14.8. The number of hydrogen-bond acceptors (Lipinski definition) is 7. The molecular weight excluding hydrogens is 238 g/mol. The maximum atomic E-state index is 11.4. The van der Waals surface area contributed by atoms with Crippen molar-refractivity contribution in [2.45, 2.75) is 25.1 Å². The van der Waals surface area contributed by atoms with Crippen molar-refractivity contribution < 1.29 is 19.8 Å². The number of aliphatic carboxylic acids is 1. The minimum atomic E-state index is -1.75. The summed E-state index contributed by atoms with van der Waals surface area (Å²) in [5.41, 5.74) is 5.29. The van der Waals surface area contributed by atoms with E-state index in [1.165, 1.54) is 0 Å². The standard InChI is InChI=1S/C7H13N3O5S/c1-3(11)5(7(13)14)10(9-15)6(12)4(8)2-16/h3-5,11,16H,2,8H2,1H3,(H,13,14)/t3-,4-,5+/m1/s1. The van der Waals surface area contributed by atoms with E-state index in [1.54, 1.807) is 0 Å². The highest BCUT2D eigenvalue weighted by Crippen LogP contribution is 2.08. The van der Waals surface area contributed by atoms with E-state index < -0.39 is 30.1 Å². The molecule has 0 bridgehead atoms. The largest absolute Gasteiger partial charge is 0.480 e. The van der Waals surface area contributed by atoms with E-state index in [2.05, 4.69) is 17.9 Å². The molecule has 3 atom stereocenters. The zero-order chi connectivity index (χ0) is 12.9. The van der Waals surface area contributed by atoms with Gasteiger partial charge in [0.15, 0.2) is 6.04 Å². The average molecular weight is 251 g/mol. The lowest BCUT2D eigenvalue weighted by atomic mass is 10.1. The summed E-state index contributed by atoms with van der Waals surface area (Å²) in [6.07, 6.45) is -1.45. The van der Waals surface area contributed by atoms with Gasteiger partial charge in [-0.05, 0) is 6.92 Å². The van der Waals surface area contributed by atoms with Gasteiger partial charge in [-0.25, -0.2) is 4.79 Å². The second-order valence-electron chi connectivity index (χ2n) is 3.08. The van der Waals surface area contributed by atoms with Crippen LogP contribution in [-0.4, -0.2) is 51.0 Å². The van der Waals surface area contributed by atoms with Crippen molar-refractivity contribution in [3.63, 3.8) is 0 Å². The number of thiol groups is 1. The van der Waals surface area contributed by atoms with Gasteiger partial charge in [0, 0.05) is 5.75 Å². The third-order valence-corrected chi connectivity index (χ3v) is 2.19. The molecule has 0 fully saturated rings. The van der Waals surface area contributed by atoms with Crippen LogP contribution in [-0.2, 0) is 9.59 Å². The van der Waals surface area contributed by atoms with E-state index in [1.807, 2.05) is 0 Å². The van der Waals surface area contributed by atoms with Crippen LogP contribution in [0.4, 0.5) is 0 Å². The molecule has 0 saturated carbocycles. The van der Waals surface area contributed by atoms with Crippen molar-refractivity contribution in [3.05, 3.63) is 4.91 Å². The Labute approximate surface area is 96.8 Å². The van der Waals surface area contributed by atoms with Gasteiger partial charge in [0.2, 0.25) is 0 Å². The van der Waals surface area contributed by atoms with Gasteiger partial charge in [0.05, 0.1) is 17.4 Å². The highest BCUT2D eigenvalue weighted by atomic mass is 32.1. The van der Waals surface area contributed by atoms with Crippen LogP contribution in [0.25, 0.3) is 0 Å². The third-order valence-electron chi connectivity index (χ3n) is 1.80. The number of aliphatic hydroxyl groups excluding tert-OH is 1. The number of nitrogens with zero attached hydrogens (tertiary/aromatic N) is 2. The molecule has 0 aromatic carbocycles. The molecule has 9 heteroatoms. The lowest BCUT2D eigenvalue weighted by Gasteiger charge is -2.24. The van der Waals surface area contributed by atoms with Crippen LogP contribution in [0.15, 0.2) is 5.29 Å². The van der Waals surface area contributed by atoms with Crippen LogP contribution in [0.2, 0.25) is 0 Å². The van der Waals surface area contributed by atoms with Gasteiger partial charge in [-0.1, -0.05) is 0 Å². The summed E-state index contributed by atoms with van der Waals surface area (Å²) in [5.74, 6) is -2.62. The van der Waals surface area contributed by atoms with Crippen molar-refractivity contribution in [1.29, 1.82) is 0 Å². The Morgan fingerprint density at radius 2 is 2.06 bits per heavy atom. The third kappa shape index (κ3) is 3.43. The normalized spacial score (nSPS) is 16.0. The fourth-order valence-electron chi connectivity index (χ4n) is 0.991. The van der Waals surface area contributed by atoms with Crippen LogP contribution >= 0.6 is 12.6 Å². The number of hydrogen-bond donors (Lipinski definition) is 4. The summed E-state index contributed by atoms with van der Waals surface area (Å²) < 4.78 is 0. The van der Waals surface area contributed by atoms with Crippen LogP contribution in [0.3, 0.4) is 0 Å². The van der Waals surface area contributed by atoms with E-state index in [9.17, 15) is 14.5 Å². The van der Waals surface area contributed by atoms with Gasteiger partial charge in [-0.3, -0.25) is 4.79 Å². The van der Waals surface area contributed by atoms with Gasteiger partial charge in [-0.15, -0.1) is 4.91 Å². The topological polar surface area (TPSA) is 133 Å². The lowest BCUT2D eigenvalue weighted by molar-refractivity contribution is -0.155. The van der Waals surface area contributed by atoms with E-state index >= 15 is 0 Å². The van der Waals surface area contributed by atoms with Crippen molar-refractivity contribution in [1.82, 2.24) is 5.01 Å². The van der Waals surface area contributed by atoms with Crippen LogP contribution < -0.4 is 5.73 Å². The van der Waals surface area contributed by atoms with Crippen LogP contribution in [0.5, 0.6) is 0 Å². The fraction of sp³-hybridized carbons (Fsp3) is 0.714. The molecule has 0 spiro atoms. The highest BCUT2D eigenvalue weighted by Gasteiger charge is 2.36. The zero-order valence-electron chi connectivity index (χ0n) is 8.48. The van der Waals surface area contributed by atoms with E-state index in [4.69, 9.17) is 15.9 Å². The number of nitroso groups, excluding NO2 is 1. The molecule has 0 unspecified atom stereocenters. The van der Waals surface area contributed by atoms with Crippen molar-refractivity contribution in [2.24, 2.45) is 11.0 Å². The monoisotopic (exact) mass is 251 g/mol. The second-order valence-corrected chi connectivity index (χ2v) is 3.44. The molecule has 0 radical (unpaired) electrons. The number of rotatable bonds is 6. The Hall–Kier alpha value is -1.19. The molecule has 0 aliphatic carbocycles. The number of amides is 1. The van der Waals surface area contributed by atoms with Gasteiger partial charge < -0.3 is 15.9 Å². The minimum absolute atomic E-state index is 0.0724. The maximum absolute atomic E-state index is 11.4. The molecule has 16 heavy (non-hydrogen) atoms. The fourth-order valence-corrected chi connectivity index (χ4v) is 1.15. The Balaban J connectivity index is 5.01. The number of carbonyl (C=O) groups excluding carboxylic acids is 1. The highest BCUT2D eigenvalue weighted by molar-refractivity contribution is 7.80. The first-order chi connectivity index (χ1) is 7.36. The zero-order valence-corrected chi connectivity index (χ0v) is 9.37. The molecule has 4 N–H and O–H groups in total. The summed E-state index contributed by atoms with van der Waals surface area (Å²) >= 11 is 3.73. The van der Waals surface area contributed by atoms with E-state index in [0.717, 1.165) is 6.92 Å². The Morgan fingerprint density at radius 1 is 1.56 bits per heavy atom. The van der Waals surface area contributed by atoms with Crippen molar-refractivity contribution in [2.75, 3.05) is 5.75 Å². The molecule has 0 aromatic rings. The minimum Gasteiger partial charge on any atom is -0.480 e. The quantitative estimate of drug-likeness (QED) is 0.260. The molecule has 0 rings (SSSR count). The van der Waals surface area contributed by atoms with Crippen LogP contribution in [0.1, 0.15) is 6.92 Å². The Bertz CT molecular complexity index is 285. The van der Waals surface area contributed by atoms with Crippen molar-refractivity contribution in [3.8, 4) is 0 Å². The number of aliphatic hydroxyl groups is 1. The molecule has 8 nitrogen and oxygen atoms in total. The Kier molecular flexibility index (Phi) is 5.93. The van der Waals surface area contributed by atoms with Gasteiger partial charge in [0.25, 0.3) is 5.91 Å². The van der Waals surface area contributed by atoms with E-state index in [0.29, 0.717) is 0 Å². The molecule has 0 heterocycles. The van der Waals surface area contributed by atoms with Gasteiger partial charge in [-0.2, -0.15) is 17.6 Å². The van der Waals surface area contributed by atoms with Crippen LogP contribution in [0, 0.1) is 4.91 Å². The first-order valence-electron chi connectivity index (χ1n) is 4.30. The van der Waals surface area contributed by atoms with Gasteiger partial charge in [0.1, 0.15) is 0 Å². The number of carbonyl (C=O) groups is 2. The molecule has 92 valence electrons. The number of carboxylic acid groups (broad SMARTS) is 1. The second kappa shape index (κ2) is 6.40. The molecule has 0 aliphatic rings. The predicted molar refractivity (Wildman–Crippen MR) is 57.6 cm³/mol. The predicted octanol–water partition coefficient (Wildman–Crippen LogP) is -1.41. The molecule has 0 saturated heterocycles. The molecule has 0 aliphatic heterocycles. The first-order valence-corrected chi connectivity index (χ1v) is 4.93. The summed E-state index contributed by atoms with van der Waals surface area (Å²) in [6, 6.07) is -2.91. The van der Waals surface area contributed by atoms with Gasteiger partial charge >= 0.3 is 5.97 Å². The maximum Gasteiger partial charge on any atom is 0.331 e. The summed E-state index contributed by atoms with van der Waals surface area (Å²) in [6.45, 7) is 1.12. The number of carboxylic acids is 1. The summed E-state index contributed by atoms with van der Waals surface area (Å²) in [4.78, 5) is 32.6. The average Bonchev–Trinajstić information content (AvgIpc) is 2.22. The molecule has 0 aromatic heterocycles. The molecular formula is C7H13N3O5S. The summed E-state index contributed by atoms with van der Waals surface area (Å²) in [5, 5.41) is 20.3.